The van der Waals surface area contributed by atoms with Gasteiger partial charge in [0, 0.05) is 28.4 Å². The van der Waals surface area contributed by atoms with Gasteiger partial charge < -0.3 is 5.73 Å². The van der Waals surface area contributed by atoms with Gasteiger partial charge in [-0.25, -0.2) is 4.98 Å². The van der Waals surface area contributed by atoms with Crippen molar-refractivity contribution in [2.75, 3.05) is 0 Å². The molecule has 1 atom stereocenters. The summed E-state index contributed by atoms with van der Waals surface area (Å²) < 4.78 is 1.17. The lowest BCUT2D eigenvalue weighted by molar-refractivity contribution is 0.730. The van der Waals surface area contributed by atoms with Gasteiger partial charge in [0.25, 0.3) is 0 Å². The topological polar surface area (TPSA) is 38.9 Å². The quantitative estimate of drug-likeness (QED) is 0.934. The Bertz CT molecular complexity index is 470. The maximum atomic E-state index is 6.17. The molecule has 0 spiro atoms. The number of nitrogens with two attached hydrogens (primary N) is 1. The minimum absolute atomic E-state index is 0.0561. The first-order valence-electron chi connectivity index (χ1n) is 4.98. The van der Waals surface area contributed by atoms with Crippen molar-refractivity contribution in [3.05, 3.63) is 36.4 Å². The normalized spacial score (nSPS) is 13.0. The molecule has 2 N–H and O–H groups in total. The summed E-state index contributed by atoms with van der Waals surface area (Å²) in [6, 6.07) is 2.21. The predicted molar refractivity (Wildman–Crippen MR) is 74.2 cm³/mol. The third kappa shape index (κ3) is 2.71. The van der Waals surface area contributed by atoms with Gasteiger partial charge in [0.2, 0.25) is 0 Å². The van der Waals surface area contributed by atoms with Crippen LogP contribution in [0.5, 0.6) is 0 Å². The van der Waals surface area contributed by atoms with Crippen molar-refractivity contribution in [1.82, 2.24) is 4.98 Å². The van der Waals surface area contributed by atoms with Gasteiger partial charge in [-0.1, -0.05) is 0 Å². The molecule has 0 aliphatic rings. The van der Waals surface area contributed by atoms with E-state index in [2.05, 4.69) is 39.3 Å². The monoisotopic (exact) mass is 316 g/mol. The Kier molecular flexibility index (Phi) is 3.79. The van der Waals surface area contributed by atoms with Gasteiger partial charge in [0.15, 0.2) is 0 Å². The van der Waals surface area contributed by atoms with E-state index in [-0.39, 0.29) is 6.04 Å². The van der Waals surface area contributed by atoms with Crippen LogP contribution >= 0.6 is 38.6 Å². The number of halogens is 1. The van der Waals surface area contributed by atoms with Crippen LogP contribution in [0.25, 0.3) is 0 Å². The number of aromatic nitrogens is 1. The van der Waals surface area contributed by atoms with Crippen molar-refractivity contribution in [3.63, 3.8) is 0 Å². The minimum Gasteiger partial charge on any atom is -0.323 e. The second kappa shape index (κ2) is 4.96. The van der Waals surface area contributed by atoms with Crippen LogP contribution in [0, 0.1) is 13.8 Å². The molecule has 2 aromatic rings. The zero-order valence-corrected chi connectivity index (χ0v) is 12.4. The summed E-state index contributed by atoms with van der Waals surface area (Å²) in [4.78, 5) is 5.66. The molecule has 2 nitrogen and oxygen atoms in total. The van der Waals surface area contributed by atoms with E-state index in [1.54, 1.807) is 22.7 Å². The lowest BCUT2D eigenvalue weighted by Crippen LogP contribution is -2.11. The Morgan fingerprint density at radius 3 is 2.75 bits per heavy atom. The van der Waals surface area contributed by atoms with Crippen LogP contribution < -0.4 is 5.73 Å². The molecule has 16 heavy (non-hydrogen) atoms. The Labute approximate surface area is 112 Å². The van der Waals surface area contributed by atoms with Crippen LogP contribution in [-0.4, -0.2) is 4.98 Å². The SMILES string of the molecule is Cc1csc(CC(N)c2cc(C)c(Br)s2)n1. The van der Waals surface area contributed by atoms with Crippen molar-refractivity contribution in [3.8, 4) is 0 Å². The van der Waals surface area contributed by atoms with Gasteiger partial charge in [0.05, 0.1) is 8.79 Å². The highest BCUT2D eigenvalue weighted by Crippen LogP contribution is 2.32. The van der Waals surface area contributed by atoms with Crippen LogP contribution in [0.15, 0.2) is 15.2 Å². The molecule has 2 rings (SSSR count). The Morgan fingerprint density at radius 2 is 2.25 bits per heavy atom. The minimum atomic E-state index is 0.0561. The Hall–Kier alpha value is -0.230. The molecule has 1 unspecified atom stereocenters. The fraction of sp³-hybridized carbons (Fsp3) is 0.364. The number of thiazole rings is 1. The van der Waals surface area contributed by atoms with Crippen molar-refractivity contribution >= 4 is 38.6 Å². The van der Waals surface area contributed by atoms with Gasteiger partial charge >= 0.3 is 0 Å². The Morgan fingerprint density at radius 1 is 1.50 bits per heavy atom. The highest BCUT2D eigenvalue weighted by molar-refractivity contribution is 9.11. The van der Waals surface area contributed by atoms with Crippen molar-refractivity contribution in [1.29, 1.82) is 0 Å². The lowest BCUT2D eigenvalue weighted by Gasteiger charge is -2.06. The lowest BCUT2D eigenvalue weighted by atomic mass is 10.2. The van der Waals surface area contributed by atoms with E-state index in [4.69, 9.17) is 5.73 Å². The molecular weight excluding hydrogens is 304 g/mol. The van der Waals surface area contributed by atoms with Gasteiger partial charge in [-0.15, -0.1) is 22.7 Å². The first-order valence-corrected chi connectivity index (χ1v) is 7.47. The van der Waals surface area contributed by atoms with Gasteiger partial charge in [-0.05, 0) is 41.4 Å². The highest BCUT2D eigenvalue weighted by atomic mass is 79.9. The maximum absolute atomic E-state index is 6.17. The first kappa shape index (κ1) is 12.2. The molecule has 2 aromatic heterocycles. The van der Waals surface area contributed by atoms with Crippen molar-refractivity contribution < 1.29 is 0 Å². The van der Waals surface area contributed by atoms with Gasteiger partial charge in [0.1, 0.15) is 0 Å². The number of thiophene rings is 1. The van der Waals surface area contributed by atoms with E-state index in [0.29, 0.717) is 0 Å². The zero-order valence-electron chi connectivity index (χ0n) is 9.16. The van der Waals surface area contributed by atoms with E-state index < -0.39 is 0 Å². The van der Waals surface area contributed by atoms with E-state index in [1.807, 2.05) is 6.92 Å². The van der Waals surface area contributed by atoms with Crippen LogP contribution in [0.4, 0.5) is 0 Å². The molecule has 0 bridgehead atoms. The number of nitrogens with zero attached hydrogens (tertiary/aromatic N) is 1. The summed E-state index contributed by atoms with van der Waals surface area (Å²) in [6.07, 6.45) is 0.824. The molecule has 5 heteroatoms. The number of rotatable bonds is 3. The highest BCUT2D eigenvalue weighted by Gasteiger charge is 2.13. The third-order valence-electron chi connectivity index (χ3n) is 2.30. The fourth-order valence-electron chi connectivity index (χ4n) is 1.45. The van der Waals surface area contributed by atoms with Crippen LogP contribution in [-0.2, 0) is 6.42 Å². The molecule has 2 heterocycles. The second-order valence-electron chi connectivity index (χ2n) is 3.80. The van der Waals surface area contributed by atoms with Crippen LogP contribution in [0.3, 0.4) is 0 Å². The number of hydrogen-bond donors (Lipinski definition) is 1. The molecule has 0 aliphatic heterocycles. The summed E-state index contributed by atoms with van der Waals surface area (Å²) in [6.45, 7) is 4.10. The van der Waals surface area contributed by atoms with E-state index >= 15 is 0 Å². The second-order valence-corrected chi connectivity index (χ2v) is 7.14. The average molecular weight is 317 g/mol. The summed E-state index contributed by atoms with van der Waals surface area (Å²) in [5, 5.41) is 3.18. The standard InChI is InChI=1S/C11H13BrN2S2/c1-6-3-9(16-11(6)12)8(13)4-10-14-7(2)5-15-10/h3,5,8H,4,13H2,1-2H3. The van der Waals surface area contributed by atoms with E-state index in [1.165, 1.54) is 14.2 Å². The first-order chi connectivity index (χ1) is 7.56. The smallest absolute Gasteiger partial charge is 0.0947 e. The number of aryl methyl sites for hydroxylation is 2. The van der Waals surface area contributed by atoms with Crippen molar-refractivity contribution in [2.24, 2.45) is 5.73 Å². The average Bonchev–Trinajstić information content (AvgIpc) is 2.75. The molecule has 0 amide bonds. The summed E-state index contributed by atoms with van der Waals surface area (Å²) in [5.41, 5.74) is 8.51. The maximum Gasteiger partial charge on any atom is 0.0947 e. The molecule has 86 valence electrons. The zero-order chi connectivity index (χ0) is 11.7. The molecule has 0 aliphatic carbocycles. The van der Waals surface area contributed by atoms with Crippen LogP contribution in [0.1, 0.15) is 27.2 Å². The molecule has 0 saturated heterocycles. The van der Waals surface area contributed by atoms with Crippen LogP contribution in [0.2, 0.25) is 0 Å². The molecule has 0 fully saturated rings. The van der Waals surface area contributed by atoms with E-state index in [0.717, 1.165) is 17.1 Å². The summed E-state index contributed by atoms with van der Waals surface area (Å²) in [7, 11) is 0. The molecule has 0 radical (unpaired) electrons. The largest absolute Gasteiger partial charge is 0.323 e. The fourth-order valence-corrected chi connectivity index (χ4v) is 3.86. The van der Waals surface area contributed by atoms with Gasteiger partial charge in [-0.2, -0.15) is 0 Å². The summed E-state index contributed by atoms with van der Waals surface area (Å²) >= 11 is 6.93. The Balaban J connectivity index is 2.11. The molecular formula is C11H13BrN2S2. The molecule has 0 saturated carbocycles. The predicted octanol–water partition coefficient (Wildman–Crippen LogP) is 3.83. The number of hydrogen-bond acceptors (Lipinski definition) is 4. The van der Waals surface area contributed by atoms with Gasteiger partial charge in [-0.3, -0.25) is 0 Å². The summed E-state index contributed by atoms with van der Waals surface area (Å²) in [5.74, 6) is 0. The van der Waals surface area contributed by atoms with Crippen molar-refractivity contribution in [2.45, 2.75) is 26.3 Å². The molecule has 0 aromatic carbocycles. The third-order valence-corrected chi connectivity index (χ3v) is 5.56. The van der Waals surface area contributed by atoms with E-state index in [9.17, 15) is 0 Å².